The summed E-state index contributed by atoms with van der Waals surface area (Å²) in [5.74, 6) is -1.05. The molecule has 8 nitrogen and oxygen atoms in total. The predicted octanol–water partition coefficient (Wildman–Crippen LogP) is -0.233. The first-order valence-corrected chi connectivity index (χ1v) is 6.43. The summed E-state index contributed by atoms with van der Waals surface area (Å²) in [6.45, 7) is 3.12. The highest BCUT2D eigenvalue weighted by Gasteiger charge is 2.29. The minimum Gasteiger partial charge on any atom is -0.479 e. The molecule has 1 aliphatic heterocycles. The lowest BCUT2D eigenvalue weighted by Gasteiger charge is -2.31. The highest BCUT2D eigenvalue weighted by Crippen LogP contribution is 2.06. The number of aliphatic carboxylic acids is 1. The van der Waals surface area contributed by atoms with Crippen molar-refractivity contribution in [2.75, 3.05) is 19.7 Å². The van der Waals surface area contributed by atoms with Crippen molar-refractivity contribution >= 4 is 12.0 Å². The van der Waals surface area contributed by atoms with Crippen molar-refractivity contribution in [1.29, 1.82) is 0 Å². The van der Waals surface area contributed by atoms with Crippen molar-refractivity contribution in [2.24, 2.45) is 0 Å². The average molecular weight is 282 g/mol. The second-order valence-electron chi connectivity index (χ2n) is 4.72. The Kier molecular flexibility index (Phi) is 4.57. The fraction of sp³-hybridized carbons (Fsp3) is 0.583. The van der Waals surface area contributed by atoms with E-state index in [0.29, 0.717) is 13.1 Å². The number of ether oxygens (including phenoxy) is 1. The number of nitrogens with zero attached hydrogens (tertiary/aromatic N) is 3. The van der Waals surface area contributed by atoms with E-state index in [2.05, 4.69) is 10.4 Å². The van der Waals surface area contributed by atoms with Gasteiger partial charge in [-0.15, -0.1) is 0 Å². The van der Waals surface area contributed by atoms with Gasteiger partial charge < -0.3 is 20.1 Å². The van der Waals surface area contributed by atoms with Gasteiger partial charge in [-0.1, -0.05) is 0 Å². The van der Waals surface area contributed by atoms with Crippen LogP contribution in [0.3, 0.4) is 0 Å². The van der Waals surface area contributed by atoms with Crippen molar-refractivity contribution in [2.45, 2.75) is 25.6 Å². The van der Waals surface area contributed by atoms with Crippen molar-refractivity contribution < 1.29 is 19.4 Å². The number of rotatable bonds is 4. The molecule has 0 radical (unpaired) electrons. The SMILES string of the molecule is CC(Cn1cccn1)NC(=O)N1CCOC(C(=O)O)C1. The van der Waals surface area contributed by atoms with Crippen LogP contribution in [0.5, 0.6) is 0 Å². The van der Waals surface area contributed by atoms with E-state index in [1.165, 1.54) is 4.90 Å². The zero-order valence-electron chi connectivity index (χ0n) is 11.2. The monoisotopic (exact) mass is 282 g/mol. The van der Waals surface area contributed by atoms with E-state index in [-0.39, 0.29) is 25.2 Å². The van der Waals surface area contributed by atoms with Crippen molar-refractivity contribution in [3.05, 3.63) is 18.5 Å². The summed E-state index contributed by atoms with van der Waals surface area (Å²) in [6.07, 6.45) is 2.54. The van der Waals surface area contributed by atoms with Gasteiger partial charge in [0.15, 0.2) is 6.10 Å². The fourth-order valence-electron chi connectivity index (χ4n) is 2.02. The summed E-state index contributed by atoms with van der Waals surface area (Å²) in [5, 5.41) is 15.8. The van der Waals surface area contributed by atoms with E-state index in [1.807, 2.05) is 19.2 Å². The second kappa shape index (κ2) is 6.38. The molecule has 8 heteroatoms. The van der Waals surface area contributed by atoms with Crippen LogP contribution in [-0.4, -0.2) is 63.6 Å². The van der Waals surface area contributed by atoms with Crippen molar-refractivity contribution in [1.82, 2.24) is 20.0 Å². The Bertz CT molecular complexity index is 462. The van der Waals surface area contributed by atoms with Gasteiger partial charge >= 0.3 is 12.0 Å². The van der Waals surface area contributed by atoms with Gasteiger partial charge in [0.05, 0.1) is 19.7 Å². The molecule has 0 spiro atoms. The van der Waals surface area contributed by atoms with Crippen LogP contribution >= 0.6 is 0 Å². The third kappa shape index (κ3) is 3.70. The Morgan fingerprint density at radius 3 is 3.05 bits per heavy atom. The van der Waals surface area contributed by atoms with E-state index in [9.17, 15) is 9.59 Å². The number of morpholine rings is 1. The number of urea groups is 1. The number of hydrogen-bond acceptors (Lipinski definition) is 4. The topological polar surface area (TPSA) is 96.7 Å². The molecule has 0 saturated carbocycles. The van der Waals surface area contributed by atoms with E-state index in [4.69, 9.17) is 9.84 Å². The quantitative estimate of drug-likeness (QED) is 0.795. The fourth-order valence-corrected chi connectivity index (χ4v) is 2.02. The summed E-state index contributed by atoms with van der Waals surface area (Å²) in [5.41, 5.74) is 0. The smallest absolute Gasteiger partial charge is 0.334 e. The van der Waals surface area contributed by atoms with Crippen LogP contribution in [-0.2, 0) is 16.1 Å². The first-order valence-electron chi connectivity index (χ1n) is 6.43. The van der Waals surface area contributed by atoms with Gasteiger partial charge in [0, 0.05) is 25.0 Å². The average Bonchev–Trinajstić information content (AvgIpc) is 2.91. The molecule has 2 N–H and O–H groups in total. The maximum absolute atomic E-state index is 12.0. The van der Waals surface area contributed by atoms with Crippen LogP contribution in [0.4, 0.5) is 4.79 Å². The van der Waals surface area contributed by atoms with Crippen molar-refractivity contribution in [3.8, 4) is 0 Å². The number of amides is 2. The zero-order valence-corrected chi connectivity index (χ0v) is 11.2. The third-order valence-electron chi connectivity index (χ3n) is 3.02. The van der Waals surface area contributed by atoms with Gasteiger partial charge in [-0.2, -0.15) is 5.10 Å². The number of hydrogen-bond donors (Lipinski definition) is 2. The van der Waals surface area contributed by atoms with Crippen LogP contribution in [0.2, 0.25) is 0 Å². The lowest BCUT2D eigenvalue weighted by molar-refractivity contribution is -0.154. The molecule has 1 aliphatic rings. The summed E-state index contributed by atoms with van der Waals surface area (Å²) in [6, 6.07) is 1.43. The molecule has 1 fully saturated rings. The summed E-state index contributed by atoms with van der Waals surface area (Å²) >= 11 is 0. The molecule has 0 aliphatic carbocycles. The van der Waals surface area contributed by atoms with Crippen LogP contribution < -0.4 is 5.32 Å². The first kappa shape index (κ1) is 14.3. The van der Waals surface area contributed by atoms with E-state index < -0.39 is 12.1 Å². The minimum atomic E-state index is -1.05. The van der Waals surface area contributed by atoms with Gasteiger partial charge in [-0.05, 0) is 13.0 Å². The van der Waals surface area contributed by atoms with Crippen molar-refractivity contribution in [3.63, 3.8) is 0 Å². The molecule has 0 bridgehead atoms. The predicted molar refractivity (Wildman–Crippen MR) is 69.2 cm³/mol. The van der Waals surface area contributed by atoms with Gasteiger partial charge in [0.25, 0.3) is 0 Å². The van der Waals surface area contributed by atoms with Crippen LogP contribution in [0.25, 0.3) is 0 Å². The molecule has 2 heterocycles. The molecule has 2 rings (SSSR count). The van der Waals surface area contributed by atoms with Crippen LogP contribution in [0.1, 0.15) is 6.92 Å². The molecular weight excluding hydrogens is 264 g/mol. The number of carboxylic acids is 1. The van der Waals surface area contributed by atoms with Gasteiger partial charge in [0.1, 0.15) is 0 Å². The summed E-state index contributed by atoms with van der Waals surface area (Å²) in [4.78, 5) is 24.4. The molecule has 1 aromatic heterocycles. The number of carbonyl (C=O) groups excluding carboxylic acids is 1. The highest BCUT2D eigenvalue weighted by molar-refractivity contribution is 5.77. The largest absolute Gasteiger partial charge is 0.479 e. The molecule has 2 atom stereocenters. The lowest BCUT2D eigenvalue weighted by Crippen LogP contribution is -2.53. The second-order valence-corrected chi connectivity index (χ2v) is 4.72. The lowest BCUT2D eigenvalue weighted by atomic mass is 10.3. The Labute approximate surface area is 116 Å². The van der Waals surface area contributed by atoms with Gasteiger partial charge in [-0.25, -0.2) is 9.59 Å². The molecule has 2 amide bonds. The summed E-state index contributed by atoms with van der Waals surface area (Å²) < 4.78 is 6.80. The maximum Gasteiger partial charge on any atom is 0.334 e. The number of aromatic nitrogens is 2. The molecule has 0 aromatic carbocycles. The Hall–Kier alpha value is -2.09. The normalized spacial score (nSPS) is 20.4. The first-order chi connectivity index (χ1) is 9.56. The molecule has 1 saturated heterocycles. The zero-order chi connectivity index (χ0) is 14.5. The molecule has 110 valence electrons. The van der Waals surface area contributed by atoms with Gasteiger partial charge in [-0.3, -0.25) is 4.68 Å². The van der Waals surface area contributed by atoms with E-state index in [0.717, 1.165) is 0 Å². The molecule has 1 aromatic rings. The number of carbonyl (C=O) groups is 2. The maximum atomic E-state index is 12.0. The van der Waals surface area contributed by atoms with E-state index >= 15 is 0 Å². The Morgan fingerprint density at radius 1 is 1.60 bits per heavy atom. The molecule has 20 heavy (non-hydrogen) atoms. The van der Waals surface area contributed by atoms with E-state index in [1.54, 1.807) is 10.9 Å². The highest BCUT2D eigenvalue weighted by atomic mass is 16.5. The Morgan fingerprint density at radius 2 is 2.40 bits per heavy atom. The van der Waals surface area contributed by atoms with Gasteiger partial charge in [0.2, 0.25) is 0 Å². The standard InChI is InChI=1S/C12H18N4O4/c1-9(7-16-4-2-3-13-16)14-12(19)15-5-6-20-10(8-15)11(17)18/h2-4,9-10H,5-8H2,1H3,(H,14,19)(H,17,18). The molecule has 2 unspecified atom stereocenters. The number of nitrogens with one attached hydrogen (secondary N) is 1. The number of carboxylic acid groups (broad SMARTS) is 1. The van der Waals surface area contributed by atoms with Crippen LogP contribution in [0, 0.1) is 0 Å². The summed E-state index contributed by atoms with van der Waals surface area (Å²) in [7, 11) is 0. The minimum absolute atomic E-state index is 0.0651. The Balaban J connectivity index is 1.83. The third-order valence-corrected chi connectivity index (χ3v) is 3.02. The van der Waals surface area contributed by atoms with Crippen LogP contribution in [0.15, 0.2) is 18.5 Å². The molecular formula is C12H18N4O4.